The molecule has 3 heteroatoms. The number of aromatic hydroxyl groups is 1. The van der Waals surface area contributed by atoms with E-state index in [4.69, 9.17) is 0 Å². The number of nitrogens with zero attached hydrogens (tertiary/aromatic N) is 1. The normalized spacial score (nSPS) is 18.2. The minimum absolute atomic E-state index is 0.0224. The van der Waals surface area contributed by atoms with Gasteiger partial charge in [-0.2, -0.15) is 0 Å². The van der Waals surface area contributed by atoms with Crippen molar-refractivity contribution in [1.82, 2.24) is 4.57 Å². The van der Waals surface area contributed by atoms with Crippen LogP contribution in [0.15, 0.2) is 18.2 Å². The van der Waals surface area contributed by atoms with Crippen LogP contribution in [0.25, 0.3) is 0 Å². The monoisotopic (exact) mass is 333 g/mol. The van der Waals surface area contributed by atoms with Crippen LogP contribution >= 0.6 is 0 Å². The highest BCUT2D eigenvalue weighted by Crippen LogP contribution is 2.32. The molecule has 0 aromatic heterocycles. The lowest BCUT2D eigenvalue weighted by atomic mass is 9.86. The molecule has 1 N–H and O–H groups in total. The summed E-state index contributed by atoms with van der Waals surface area (Å²) in [5.74, 6) is 0.539. The predicted octanol–water partition coefficient (Wildman–Crippen LogP) is 4.76. The summed E-state index contributed by atoms with van der Waals surface area (Å²) in [6.07, 6.45) is 8.11. The first kappa shape index (κ1) is 18.5. The maximum Gasteiger partial charge on any atom is 0.158 e. The molecule has 130 valence electrons. The molecule has 0 spiro atoms. The topological polar surface area (TPSA) is 23.5 Å². The van der Waals surface area contributed by atoms with E-state index in [-0.39, 0.29) is 5.41 Å². The van der Waals surface area contributed by atoms with Gasteiger partial charge in [0.1, 0.15) is 5.75 Å². The first-order valence-electron chi connectivity index (χ1n) is 9.21. The van der Waals surface area contributed by atoms with Gasteiger partial charge in [0.05, 0.1) is 0 Å². The number of para-hydroxylation sites is 1. The minimum atomic E-state index is -1.86. The van der Waals surface area contributed by atoms with E-state index < -0.39 is 8.24 Å². The van der Waals surface area contributed by atoms with Gasteiger partial charge in [0.15, 0.2) is 8.24 Å². The first-order chi connectivity index (χ1) is 10.7. The zero-order valence-corrected chi connectivity index (χ0v) is 16.9. The van der Waals surface area contributed by atoms with Gasteiger partial charge in [0.25, 0.3) is 0 Å². The largest absolute Gasteiger partial charge is 0.508 e. The van der Waals surface area contributed by atoms with Crippen molar-refractivity contribution in [2.75, 3.05) is 7.05 Å². The molecule has 1 aliphatic carbocycles. The highest BCUT2D eigenvalue weighted by Gasteiger charge is 2.37. The molecule has 23 heavy (non-hydrogen) atoms. The molecule has 1 aliphatic rings. The Kier molecular flexibility index (Phi) is 5.62. The molecule has 0 saturated heterocycles. The standard InChI is InChI=1S/C20H35NOSi/c1-20(2,3)17-14-11-15-18(19(17)22)23(5,6)21(4)16-12-9-7-8-10-13-16/h11,14-16,22H,7-10,12-13H2,1-6H3. The molecule has 1 fully saturated rings. The number of phenols is 1. The van der Waals surface area contributed by atoms with Crippen molar-refractivity contribution < 1.29 is 5.11 Å². The van der Waals surface area contributed by atoms with Crippen molar-refractivity contribution in [2.24, 2.45) is 0 Å². The van der Waals surface area contributed by atoms with Crippen LogP contribution in [0.2, 0.25) is 13.1 Å². The van der Waals surface area contributed by atoms with Crippen LogP contribution in [0.3, 0.4) is 0 Å². The number of benzene rings is 1. The van der Waals surface area contributed by atoms with Crippen molar-refractivity contribution in [3.05, 3.63) is 23.8 Å². The zero-order chi connectivity index (χ0) is 17.3. The van der Waals surface area contributed by atoms with Crippen LogP contribution in [0.5, 0.6) is 5.75 Å². The first-order valence-corrected chi connectivity index (χ1v) is 12.2. The minimum Gasteiger partial charge on any atom is -0.508 e. The van der Waals surface area contributed by atoms with Crippen LogP contribution < -0.4 is 5.19 Å². The second kappa shape index (κ2) is 6.98. The van der Waals surface area contributed by atoms with Gasteiger partial charge >= 0.3 is 0 Å². The molecule has 0 aliphatic heterocycles. The van der Waals surface area contributed by atoms with E-state index in [1.807, 2.05) is 0 Å². The number of rotatable bonds is 3. The molecule has 0 atom stereocenters. The van der Waals surface area contributed by atoms with E-state index in [0.717, 1.165) is 5.56 Å². The Bertz CT molecular complexity index is 525. The Balaban J connectivity index is 2.35. The highest BCUT2D eigenvalue weighted by molar-refractivity contribution is 6.88. The lowest BCUT2D eigenvalue weighted by molar-refractivity contribution is 0.335. The Morgan fingerprint density at radius 2 is 1.61 bits per heavy atom. The Hall–Kier alpha value is -0.803. The van der Waals surface area contributed by atoms with Gasteiger partial charge in [-0.05, 0) is 36.1 Å². The van der Waals surface area contributed by atoms with Gasteiger partial charge in [0.2, 0.25) is 0 Å². The quantitative estimate of drug-likeness (QED) is 0.637. The predicted molar refractivity (Wildman–Crippen MR) is 103 cm³/mol. The van der Waals surface area contributed by atoms with Crippen LogP contribution in [0.4, 0.5) is 0 Å². The molecule has 1 aromatic carbocycles. The summed E-state index contributed by atoms with van der Waals surface area (Å²) < 4.78 is 2.64. The SMILES string of the molecule is CN(C1CCCCCC1)[Si](C)(C)c1cccc(C(C)(C)C)c1O. The smallest absolute Gasteiger partial charge is 0.158 e. The molecule has 0 heterocycles. The van der Waals surface area contributed by atoms with E-state index in [0.29, 0.717) is 11.8 Å². The fourth-order valence-corrected chi connectivity index (χ4v) is 6.70. The maximum atomic E-state index is 11.0. The zero-order valence-electron chi connectivity index (χ0n) is 15.9. The summed E-state index contributed by atoms with van der Waals surface area (Å²) in [6, 6.07) is 7.04. The van der Waals surface area contributed by atoms with E-state index >= 15 is 0 Å². The molecule has 1 saturated carbocycles. The Labute approximate surface area is 144 Å². The molecule has 2 rings (SSSR count). The van der Waals surface area contributed by atoms with Crippen molar-refractivity contribution in [1.29, 1.82) is 0 Å². The number of hydrogen-bond donors (Lipinski definition) is 1. The van der Waals surface area contributed by atoms with Crippen LogP contribution in [0.1, 0.15) is 64.9 Å². The van der Waals surface area contributed by atoms with Crippen molar-refractivity contribution in [3.63, 3.8) is 0 Å². The molecule has 0 amide bonds. The number of phenolic OH excluding ortho intramolecular Hbond substituents is 1. The third-order valence-electron chi connectivity index (χ3n) is 5.76. The van der Waals surface area contributed by atoms with E-state index in [2.05, 4.69) is 63.7 Å². The summed E-state index contributed by atoms with van der Waals surface area (Å²) >= 11 is 0. The lowest BCUT2D eigenvalue weighted by Crippen LogP contribution is -2.59. The third-order valence-corrected chi connectivity index (χ3v) is 9.61. The second-order valence-electron chi connectivity index (χ2n) is 8.77. The molecular weight excluding hydrogens is 298 g/mol. The van der Waals surface area contributed by atoms with Gasteiger partial charge in [-0.1, -0.05) is 77.7 Å². The molecule has 0 bridgehead atoms. The van der Waals surface area contributed by atoms with E-state index in [9.17, 15) is 5.11 Å². The molecule has 0 radical (unpaired) electrons. The van der Waals surface area contributed by atoms with Gasteiger partial charge in [0, 0.05) is 6.04 Å². The fraction of sp³-hybridized carbons (Fsp3) is 0.700. The summed E-state index contributed by atoms with van der Waals surface area (Å²) in [5.41, 5.74) is 1.05. The summed E-state index contributed by atoms with van der Waals surface area (Å²) in [7, 11) is 0.433. The Morgan fingerprint density at radius 1 is 1.04 bits per heavy atom. The van der Waals surface area contributed by atoms with Crippen LogP contribution in [-0.4, -0.2) is 31.0 Å². The average Bonchev–Trinajstić information content (AvgIpc) is 2.74. The molecular formula is C20H35NOSi. The third kappa shape index (κ3) is 4.00. The maximum absolute atomic E-state index is 11.0. The summed E-state index contributed by atoms with van der Waals surface area (Å²) in [6.45, 7) is 11.3. The fourth-order valence-electron chi connectivity index (χ4n) is 3.93. The molecule has 0 unspecified atom stereocenters. The van der Waals surface area contributed by atoms with Crippen molar-refractivity contribution in [2.45, 2.75) is 83.8 Å². The molecule has 1 aromatic rings. The van der Waals surface area contributed by atoms with Crippen LogP contribution in [0, 0.1) is 0 Å². The van der Waals surface area contributed by atoms with Gasteiger partial charge in [-0.25, -0.2) is 0 Å². The van der Waals surface area contributed by atoms with Crippen molar-refractivity contribution in [3.8, 4) is 5.75 Å². The molecule has 2 nitrogen and oxygen atoms in total. The van der Waals surface area contributed by atoms with Crippen molar-refractivity contribution >= 4 is 13.4 Å². The van der Waals surface area contributed by atoms with Crippen LogP contribution in [-0.2, 0) is 5.41 Å². The average molecular weight is 334 g/mol. The summed E-state index contributed by atoms with van der Waals surface area (Å²) in [5, 5.41) is 12.2. The van der Waals surface area contributed by atoms with Gasteiger partial charge < -0.3 is 9.67 Å². The highest BCUT2D eigenvalue weighted by atomic mass is 28.3. The second-order valence-corrected chi connectivity index (χ2v) is 13.1. The van der Waals surface area contributed by atoms with Gasteiger partial charge in [-0.3, -0.25) is 0 Å². The lowest BCUT2D eigenvalue weighted by Gasteiger charge is -2.41. The number of hydrogen-bond acceptors (Lipinski definition) is 2. The van der Waals surface area contributed by atoms with Gasteiger partial charge in [-0.15, -0.1) is 0 Å². The van der Waals surface area contributed by atoms with E-state index in [1.54, 1.807) is 0 Å². The van der Waals surface area contributed by atoms with E-state index in [1.165, 1.54) is 43.7 Å². The summed E-state index contributed by atoms with van der Waals surface area (Å²) in [4.78, 5) is 0. The Morgan fingerprint density at radius 3 is 2.13 bits per heavy atom.